The summed E-state index contributed by atoms with van der Waals surface area (Å²) in [6.45, 7) is 2.86. The molecule has 1 spiro atoms. The van der Waals surface area contributed by atoms with Crippen LogP contribution in [0.1, 0.15) is 36.4 Å². The van der Waals surface area contributed by atoms with Crippen molar-refractivity contribution in [2.75, 3.05) is 13.1 Å². The number of rotatable bonds is 3. The van der Waals surface area contributed by atoms with Crippen LogP contribution in [0.2, 0.25) is 0 Å². The number of carbonyl (C=O) groups is 1. The second kappa shape index (κ2) is 7.02. The Morgan fingerprint density at radius 2 is 1.71 bits per heavy atom. The zero-order valence-corrected chi connectivity index (χ0v) is 16.0. The fourth-order valence-electron chi connectivity index (χ4n) is 4.73. The maximum Gasteiger partial charge on any atom is 0.228 e. The van der Waals surface area contributed by atoms with Gasteiger partial charge in [-0.25, -0.2) is 0 Å². The maximum atomic E-state index is 12.6. The van der Waals surface area contributed by atoms with E-state index in [9.17, 15) is 4.79 Å². The molecule has 28 heavy (non-hydrogen) atoms. The number of piperidine rings is 1. The fourth-order valence-corrected chi connectivity index (χ4v) is 4.73. The zero-order valence-electron chi connectivity index (χ0n) is 16.0. The third-order valence-electron chi connectivity index (χ3n) is 6.36. The number of amides is 1. The molecule has 2 aliphatic rings. The van der Waals surface area contributed by atoms with Crippen LogP contribution in [-0.2, 0) is 11.3 Å². The minimum absolute atomic E-state index is 0.00472. The predicted octanol–water partition coefficient (Wildman–Crippen LogP) is 3.87. The standard InChI is InChI=1S/C24H25N3O/c28-23-21(18-6-2-1-3-7-18)16-24(26-23)12-14-27(15-13-24)17-20-11-10-19-8-4-5-9-22(19)25-20/h1-11,21H,12-17H2,(H,26,28). The van der Waals surface area contributed by atoms with Crippen LogP contribution in [0.3, 0.4) is 0 Å². The molecule has 3 aromatic rings. The van der Waals surface area contributed by atoms with Gasteiger partial charge in [-0.05, 0) is 37.0 Å². The number of likely N-dealkylation sites (tertiary alicyclic amines) is 1. The molecule has 0 bridgehead atoms. The Labute approximate surface area is 165 Å². The third-order valence-corrected chi connectivity index (χ3v) is 6.36. The van der Waals surface area contributed by atoms with Gasteiger partial charge in [-0.2, -0.15) is 0 Å². The van der Waals surface area contributed by atoms with Gasteiger partial charge in [0.05, 0.1) is 17.1 Å². The molecule has 1 unspecified atom stereocenters. The van der Waals surface area contributed by atoms with Crippen LogP contribution in [0.4, 0.5) is 0 Å². The molecule has 3 heterocycles. The summed E-state index contributed by atoms with van der Waals surface area (Å²) in [6, 6.07) is 22.7. The van der Waals surface area contributed by atoms with Crippen molar-refractivity contribution < 1.29 is 4.79 Å². The van der Waals surface area contributed by atoms with Crippen LogP contribution in [0.25, 0.3) is 10.9 Å². The maximum absolute atomic E-state index is 12.6. The number of hydrogen-bond acceptors (Lipinski definition) is 3. The molecule has 2 aromatic carbocycles. The number of aromatic nitrogens is 1. The van der Waals surface area contributed by atoms with Crippen molar-refractivity contribution in [3.8, 4) is 0 Å². The van der Waals surface area contributed by atoms with Crippen LogP contribution < -0.4 is 5.32 Å². The molecular weight excluding hydrogens is 346 g/mol. The molecule has 5 rings (SSSR count). The minimum atomic E-state index is -0.0368. The summed E-state index contributed by atoms with van der Waals surface area (Å²) in [5.74, 6) is 0.186. The second-order valence-corrected chi connectivity index (χ2v) is 8.21. The molecule has 4 nitrogen and oxygen atoms in total. The number of pyridine rings is 1. The smallest absolute Gasteiger partial charge is 0.228 e. The molecule has 0 saturated carbocycles. The summed E-state index contributed by atoms with van der Waals surface area (Å²) in [4.78, 5) is 19.9. The first-order chi connectivity index (χ1) is 13.7. The first kappa shape index (κ1) is 17.4. The van der Waals surface area contributed by atoms with E-state index < -0.39 is 0 Å². The van der Waals surface area contributed by atoms with E-state index in [0.717, 1.165) is 55.7 Å². The molecule has 1 amide bonds. The highest BCUT2D eigenvalue weighted by Gasteiger charge is 2.46. The van der Waals surface area contributed by atoms with E-state index in [4.69, 9.17) is 4.98 Å². The normalized spacial score (nSPS) is 21.9. The van der Waals surface area contributed by atoms with Crippen molar-refractivity contribution in [1.29, 1.82) is 0 Å². The molecule has 2 fully saturated rings. The summed E-state index contributed by atoms with van der Waals surface area (Å²) < 4.78 is 0. The van der Waals surface area contributed by atoms with Gasteiger partial charge in [-0.1, -0.05) is 54.6 Å². The Balaban J connectivity index is 1.24. The molecule has 0 aliphatic carbocycles. The Morgan fingerprint density at radius 3 is 2.54 bits per heavy atom. The Kier molecular flexibility index (Phi) is 4.36. The lowest BCUT2D eigenvalue weighted by Gasteiger charge is -2.39. The fraction of sp³-hybridized carbons (Fsp3) is 0.333. The second-order valence-electron chi connectivity index (χ2n) is 8.21. The average Bonchev–Trinajstić information content (AvgIpc) is 3.06. The Bertz CT molecular complexity index is 993. The Hall–Kier alpha value is -2.72. The zero-order chi connectivity index (χ0) is 19.0. The monoisotopic (exact) mass is 371 g/mol. The van der Waals surface area contributed by atoms with Crippen LogP contribution >= 0.6 is 0 Å². The molecule has 2 saturated heterocycles. The minimum Gasteiger partial charge on any atom is -0.350 e. The van der Waals surface area contributed by atoms with E-state index in [1.807, 2.05) is 30.3 Å². The van der Waals surface area contributed by atoms with Crippen molar-refractivity contribution in [2.45, 2.75) is 37.3 Å². The molecule has 1 atom stereocenters. The summed E-state index contributed by atoms with van der Waals surface area (Å²) in [5, 5.41) is 4.53. The van der Waals surface area contributed by atoms with Gasteiger partial charge >= 0.3 is 0 Å². The van der Waals surface area contributed by atoms with Crippen LogP contribution in [0, 0.1) is 0 Å². The SMILES string of the molecule is O=C1NC2(CCN(Cc3ccc4ccccc4n3)CC2)CC1c1ccccc1. The van der Waals surface area contributed by atoms with Crippen LogP contribution in [0.15, 0.2) is 66.7 Å². The van der Waals surface area contributed by atoms with E-state index in [0.29, 0.717) is 0 Å². The van der Waals surface area contributed by atoms with Crippen LogP contribution in [-0.4, -0.2) is 34.4 Å². The van der Waals surface area contributed by atoms with Crippen molar-refractivity contribution in [1.82, 2.24) is 15.2 Å². The van der Waals surface area contributed by atoms with Gasteiger partial charge in [0.1, 0.15) is 0 Å². The lowest BCUT2D eigenvalue weighted by atomic mass is 9.82. The number of para-hydroxylation sites is 1. The predicted molar refractivity (Wildman–Crippen MR) is 111 cm³/mol. The number of carbonyl (C=O) groups excluding carboxylic acids is 1. The molecule has 4 heteroatoms. The largest absolute Gasteiger partial charge is 0.350 e. The average molecular weight is 371 g/mol. The third kappa shape index (κ3) is 3.29. The van der Waals surface area contributed by atoms with E-state index in [2.05, 4.69) is 46.6 Å². The number of nitrogens with one attached hydrogen (secondary N) is 1. The molecule has 142 valence electrons. The highest BCUT2D eigenvalue weighted by molar-refractivity contribution is 5.87. The van der Waals surface area contributed by atoms with Gasteiger partial charge in [0.15, 0.2) is 0 Å². The van der Waals surface area contributed by atoms with Gasteiger partial charge in [0.25, 0.3) is 0 Å². The lowest BCUT2D eigenvalue weighted by molar-refractivity contribution is -0.121. The number of benzene rings is 2. The van der Waals surface area contributed by atoms with Gasteiger partial charge in [-0.15, -0.1) is 0 Å². The van der Waals surface area contributed by atoms with Crippen molar-refractivity contribution in [3.63, 3.8) is 0 Å². The van der Waals surface area contributed by atoms with E-state index in [1.54, 1.807) is 0 Å². The molecule has 1 aromatic heterocycles. The first-order valence-electron chi connectivity index (χ1n) is 10.1. The Morgan fingerprint density at radius 1 is 0.964 bits per heavy atom. The van der Waals surface area contributed by atoms with Crippen molar-refractivity contribution in [2.24, 2.45) is 0 Å². The van der Waals surface area contributed by atoms with Gasteiger partial charge in [0.2, 0.25) is 5.91 Å². The summed E-state index contributed by atoms with van der Waals surface area (Å²) in [5.41, 5.74) is 3.28. The molecule has 0 radical (unpaired) electrons. The summed E-state index contributed by atoms with van der Waals surface area (Å²) in [6.07, 6.45) is 2.93. The topological polar surface area (TPSA) is 45.2 Å². The summed E-state index contributed by atoms with van der Waals surface area (Å²) in [7, 11) is 0. The molecular formula is C24H25N3O. The number of fused-ring (bicyclic) bond motifs is 1. The highest BCUT2D eigenvalue weighted by atomic mass is 16.2. The molecule has 2 aliphatic heterocycles. The van der Waals surface area contributed by atoms with Crippen LogP contribution in [0.5, 0.6) is 0 Å². The van der Waals surface area contributed by atoms with E-state index in [1.165, 1.54) is 5.39 Å². The summed E-state index contributed by atoms with van der Waals surface area (Å²) >= 11 is 0. The number of nitrogens with zero attached hydrogens (tertiary/aromatic N) is 2. The van der Waals surface area contributed by atoms with Gasteiger partial charge in [-0.3, -0.25) is 14.7 Å². The van der Waals surface area contributed by atoms with E-state index in [-0.39, 0.29) is 17.4 Å². The van der Waals surface area contributed by atoms with Gasteiger partial charge in [0, 0.05) is 30.6 Å². The first-order valence-corrected chi connectivity index (χ1v) is 10.1. The van der Waals surface area contributed by atoms with Crippen molar-refractivity contribution >= 4 is 16.8 Å². The highest BCUT2D eigenvalue weighted by Crippen LogP contribution is 2.39. The molecule has 1 N–H and O–H groups in total. The lowest BCUT2D eigenvalue weighted by Crippen LogP contribution is -2.50. The quantitative estimate of drug-likeness (QED) is 0.760. The van der Waals surface area contributed by atoms with Crippen molar-refractivity contribution in [3.05, 3.63) is 78.0 Å². The van der Waals surface area contributed by atoms with Gasteiger partial charge < -0.3 is 5.32 Å². The number of hydrogen-bond donors (Lipinski definition) is 1. The van der Waals surface area contributed by atoms with E-state index >= 15 is 0 Å².